The molecule has 0 saturated heterocycles. The van der Waals surface area contributed by atoms with E-state index in [1.54, 1.807) is 23.9 Å². The Labute approximate surface area is 89.8 Å². The molecule has 4 heteroatoms. The quantitative estimate of drug-likeness (QED) is 0.604. The van der Waals surface area contributed by atoms with E-state index < -0.39 is 0 Å². The molecule has 2 nitrogen and oxygen atoms in total. The molecule has 13 heavy (non-hydrogen) atoms. The lowest BCUT2D eigenvalue weighted by Gasteiger charge is -2.02. The van der Waals surface area contributed by atoms with Gasteiger partial charge in [0.25, 0.3) is 0 Å². The largest absolute Gasteiger partial charge is 0.465 e. The molecule has 0 heterocycles. The molecule has 0 aromatic heterocycles. The van der Waals surface area contributed by atoms with Gasteiger partial charge in [-0.05, 0) is 24.5 Å². The van der Waals surface area contributed by atoms with Gasteiger partial charge in [0, 0.05) is 9.37 Å². The number of hydrogen-bond donors (Lipinski definition) is 0. The second-order valence-electron chi connectivity index (χ2n) is 2.37. The fourth-order valence-electron chi connectivity index (χ4n) is 0.916. The minimum absolute atomic E-state index is 0.309. The van der Waals surface area contributed by atoms with Gasteiger partial charge in [0.15, 0.2) is 0 Å². The van der Waals surface area contributed by atoms with E-state index in [1.807, 2.05) is 12.3 Å². The number of thioether (sulfide) groups is 1. The molecule has 0 aliphatic rings. The summed E-state index contributed by atoms with van der Waals surface area (Å²) in [6.07, 6.45) is 1.96. The van der Waals surface area contributed by atoms with E-state index in [2.05, 4.69) is 20.7 Å². The molecule has 0 fully saturated rings. The standard InChI is InChI=1S/C9H9BrO2S/c1-12-9(11)6-3-7(10)5-8(4-6)13-2/h3-5H,1-2H3. The summed E-state index contributed by atoms with van der Waals surface area (Å²) in [6.45, 7) is 0. The third-order valence-corrected chi connectivity index (χ3v) is 2.69. The first-order valence-corrected chi connectivity index (χ1v) is 5.62. The van der Waals surface area contributed by atoms with Gasteiger partial charge in [0.05, 0.1) is 12.7 Å². The fraction of sp³-hybridized carbons (Fsp3) is 0.222. The van der Waals surface area contributed by atoms with Gasteiger partial charge >= 0.3 is 5.97 Å². The number of esters is 1. The van der Waals surface area contributed by atoms with Gasteiger partial charge in [0.1, 0.15) is 0 Å². The molecule has 1 aromatic rings. The van der Waals surface area contributed by atoms with Crippen LogP contribution in [-0.4, -0.2) is 19.3 Å². The van der Waals surface area contributed by atoms with Crippen LogP contribution in [0.15, 0.2) is 27.6 Å². The molecule has 0 unspecified atom stereocenters. The van der Waals surface area contributed by atoms with Gasteiger partial charge in [-0.15, -0.1) is 11.8 Å². The molecule has 0 aliphatic carbocycles. The summed E-state index contributed by atoms with van der Waals surface area (Å²) in [4.78, 5) is 12.2. The van der Waals surface area contributed by atoms with Gasteiger partial charge in [-0.1, -0.05) is 15.9 Å². The highest BCUT2D eigenvalue weighted by atomic mass is 79.9. The molecule has 0 radical (unpaired) electrons. The van der Waals surface area contributed by atoms with Crippen molar-refractivity contribution in [3.63, 3.8) is 0 Å². The maximum atomic E-state index is 11.2. The van der Waals surface area contributed by atoms with E-state index in [1.165, 1.54) is 7.11 Å². The lowest BCUT2D eigenvalue weighted by molar-refractivity contribution is 0.0600. The van der Waals surface area contributed by atoms with E-state index in [0.717, 1.165) is 9.37 Å². The molecule has 0 aliphatic heterocycles. The SMILES string of the molecule is COC(=O)c1cc(Br)cc(SC)c1. The summed E-state index contributed by atoms with van der Waals surface area (Å²) in [6, 6.07) is 5.50. The molecule has 0 bridgehead atoms. The number of carbonyl (C=O) groups is 1. The van der Waals surface area contributed by atoms with Crippen molar-refractivity contribution >= 4 is 33.7 Å². The van der Waals surface area contributed by atoms with Crippen molar-refractivity contribution in [3.05, 3.63) is 28.2 Å². The average Bonchev–Trinajstić information content (AvgIpc) is 2.15. The lowest BCUT2D eigenvalue weighted by Crippen LogP contribution is -2.00. The number of rotatable bonds is 2. The van der Waals surface area contributed by atoms with Crippen LogP contribution in [0, 0.1) is 0 Å². The Balaban J connectivity index is 3.08. The number of hydrogen-bond acceptors (Lipinski definition) is 3. The van der Waals surface area contributed by atoms with Crippen molar-refractivity contribution in [2.75, 3.05) is 13.4 Å². The summed E-state index contributed by atoms with van der Waals surface area (Å²) in [5.41, 5.74) is 0.571. The van der Waals surface area contributed by atoms with Gasteiger partial charge < -0.3 is 4.74 Å². The highest BCUT2D eigenvalue weighted by Gasteiger charge is 2.07. The Morgan fingerprint density at radius 1 is 1.46 bits per heavy atom. The third kappa shape index (κ3) is 2.74. The number of benzene rings is 1. The van der Waals surface area contributed by atoms with Crippen LogP contribution in [0.25, 0.3) is 0 Å². The highest BCUT2D eigenvalue weighted by molar-refractivity contribution is 9.10. The van der Waals surface area contributed by atoms with E-state index >= 15 is 0 Å². The summed E-state index contributed by atoms with van der Waals surface area (Å²) in [7, 11) is 1.38. The second-order valence-corrected chi connectivity index (χ2v) is 4.17. The molecule has 70 valence electrons. The van der Waals surface area contributed by atoms with Crippen LogP contribution >= 0.6 is 27.7 Å². The van der Waals surface area contributed by atoms with Crippen molar-refractivity contribution in [2.45, 2.75) is 4.90 Å². The molecule has 0 spiro atoms. The highest BCUT2D eigenvalue weighted by Crippen LogP contribution is 2.22. The van der Waals surface area contributed by atoms with Gasteiger partial charge in [-0.3, -0.25) is 0 Å². The molecule has 1 aromatic carbocycles. The third-order valence-electron chi connectivity index (χ3n) is 1.53. The van der Waals surface area contributed by atoms with E-state index in [0.29, 0.717) is 5.56 Å². The second kappa shape index (κ2) is 4.67. The summed E-state index contributed by atoms with van der Waals surface area (Å²) in [5, 5.41) is 0. The van der Waals surface area contributed by atoms with E-state index in [9.17, 15) is 4.79 Å². The molecule has 0 atom stereocenters. The predicted octanol–water partition coefficient (Wildman–Crippen LogP) is 2.96. The summed E-state index contributed by atoms with van der Waals surface area (Å²) < 4.78 is 5.51. The van der Waals surface area contributed by atoms with Gasteiger partial charge in [-0.2, -0.15) is 0 Å². The zero-order valence-electron chi connectivity index (χ0n) is 7.33. The van der Waals surface area contributed by atoms with Crippen LogP contribution in [-0.2, 0) is 4.74 Å². The number of carbonyl (C=O) groups excluding carboxylic acids is 1. The Morgan fingerprint density at radius 2 is 2.15 bits per heavy atom. The van der Waals surface area contributed by atoms with Crippen LogP contribution in [0.2, 0.25) is 0 Å². The van der Waals surface area contributed by atoms with Gasteiger partial charge in [-0.25, -0.2) is 4.79 Å². The first kappa shape index (κ1) is 10.6. The molecular weight excluding hydrogens is 252 g/mol. The van der Waals surface area contributed by atoms with Crippen LogP contribution in [0.5, 0.6) is 0 Å². The smallest absolute Gasteiger partial charge is 0.337 e. The number of ether oxygens (including phenoxy) is 1. The summed E-state index contributed by atoms with van der Waals surface area (Å²) in [5.74, 6) is -0.309. The zero-order chi connectivity index (χ0) is 9.84. The minimum Gasteiger partial charge on any atom is -0.465 e. The maximum Gasteiger partial charge on any atom is 0.337 e. The first-order valence-electron chi connectivity index (χ1n) is 3.60. The van der Waals surface area contributed by atoms with Crippen LogP contribution < -0.4 is 0 Å². The molecule has 1 rings (SSSR count). The van der Waals surface area contributed by atoms with Crippen molar-refractivity contribution in [1.29, 1.82) is 0 Å². The Hall–Kier alpha value is -0.480. The number of methoxy groups -OCH3 is 1. The lowest BCUT2D eigenvalue weighted by atomic mass is 10.2. The van der Waals surface area contributed by atoms with Crippen LogP contribution in [0.3, 0.4) is 0 Å². The molecule has 0 saturated carbocycles. The zero-order valence-corrected chi connectivity index (χ0v) is 9.74. The predicted molar refractivity (Wildman–Crippen MR) is 57.3 cm³/mol. The molecular formula is C9H9BrO2S. The van der Waals surface area contributed by atoms with Crippen molar-refractivity contribution in [2.24, 2.45) is 0 Å². The normalized spacial score (nSPS) is 9.77. The first-order chi connectivity index (χ1) is 6.17. The topological polar surface area (TPSA) is 26.3 Å². The van der Waals surface area contributed by atoms with Crippen molar-refractivity contribution < 1.29 is 9.53 Å². The van der Waals surface area contributed by atoms with Crippen LogP contribution in [0.4, 0.5) is 0 Å². The minimum atomic E-state index is -0.309. The monoisotopic (exact) mass is 260 g/mol. The van der Waals surface area contributed by atoms with Gasteiger partial charge in [0.2, 0.25) is 0 Å². The maximum absolute atomic E-state index is 11.2. The Kier molecular flexibility index (Phi) is 3.81. The van der Waals surface area contributed by atoms with E-state index in [-0.39, 0.29) is 5.97 Å². The fourth-order valence-corrected chi connectivity index (χ4v) is 2.05. The van der Waals surface area contributed by atoms with Crippen LogP contribution in [0.1, 0.15) is 10.4 Å². The molecule has 0 amide bonds. The molecule has 0 N–H and O–H groups in total. The Bertz CT molecular complexity index is 325. The van der Waals surface area contributed by atoms with Crippen molar-refractivity contribution in [3.8, 4) is 0 Å². The number of halogens is 1. The summed E-state index contributed by atoms with van der Waals surface area (Å²) >= 11 is 4.92. The average molecular weight is 261 g/mol. The van der Waals surface area contributed by atoms with Crippen molar-refractivity contribution in [1.82, 2.24) is 0 Å². The Morgan fingerprint density at radius 3 is 2.69 bits per heavy atom. The van der Waals surface area contributed by atoms with E-state index in [4.69, 9.17) is 0 Å².